The second kappa shape index (κ2) is 8.97. The highest BCUT2D eigenvalue weighted by atomic mass is 19.1. The van der Waals surface area contributed by atoms with Crippen molar-refractivity contribution >= 4 is 6.08 Å². The fourth-order valence-corrected chi connectivity index (χ4v) is 4.79. The van der Waals surface area contributed by atoms with E-state index in [9.17, 15) is 4.39 Å². The van der Waals surface area contributed by atoms with Crippen molar-refractivity contribution in [1.29, 1.82) is 0 Å². The standard InChI is InChI=1S/C24H32F2/c1-3-5-6-8-17-9-12-19(13-10-17)23-22(25)16-20-15-18(7-4-2)11-14-21(20)24(23)26/h3,5,15-17,19H,4,6-14H2,1-2H3. The molecule has 0 N–H and O–H groups in total. The molecule has 142 valence electrons. The molecule has 0 aromatic heterocycles. The third kappa shape index (κ3) is 4.27. The molecule has 1 saturated carbocycles. The van der Waals surface area contributed by atoms with Crippen LogP contribution in [0.2, 0.25) is 0 Å². The topological polar surface area (TPSA) is 0 Å². The van der Waals surface area contributed by atoms with Crippen molar-refractivity contribution in [3.05, 3.63) is 52.1 Å². The molecular formula is C24H32F2. The van der Waals surface area contributed by atoms with Crippen LogP contribution in [0.3, 0.4) is 0 Å². The summed E-state index contributed by atoms with van der Waals surface area (Å²) in [4.78, 5) is 0. The lowest BCUT2D eigenvalue weighted by Crippen LogP contribution is -2.17. The molecule has 1 aromatic rings. The van der Waals surface area contributed by atoms with Crippen LogP contribution in [0, 0.1) is 17.6 Å². The van der Waals surface area contributed by atoms with Crippen molar-refractivity contribution in [3.63, 3.8) is 0 Å². The van der Waals surface area contributed by atoms with Crippen molar-refractivity contribution in [2.24, 2.45) is 5.92 Å². The molecule has 2 aliphatic carbocycles. The number of benzene rings is 1. The Morgan fingerprint density at radius 2 is 1.88 bits per heavy atom. The Balaban J connectivity index is 1.74. The van der Waals surface area contributed by atoms with Crippen molar-refractivity contribution in [2.75, 3.05) is 0 Å². The zero-order valence-electron chi connectivity index (χ0n) is 16.3. The van der Waals surface area contributed by atoms with Gasteiger partial charge < -0.3 is 0 Å². The maximum atomic E-state index is 15.2. The van der Waals surface area contributed by atoms with Crippen LogP contribution in [0.25, 0.3) is 6.08 Å². The number of hydrogen-bond acceptors (Lipinski definition) is 0. The number of hydrogen-bond donors (Lipinski definition) is 0. The van der Waals surface area contributed by atoms with Gasteiger partial charge in [0.1, 0.15) is 11.6 Å². The van der Waals surface area contributed by atoms with Gasteiger partial charge in [-0.3, -0.25) is 0 Å². The van der Waals surface area contributed by atoms with Gasteiger partial charge in [-0.25, -0.2) is 8.78 Å². The van der Waals surface area contributed by atoms with E-state index in [1.807, 2.05) is 6.08 Å². The van der Waals surface area contributed by atoms with E-state index < -0.39 is 0 Å². The molecule has 1 fully saturated rings. The molecule has 0 atom stereocenters. The van der Waals surface area contributed by atoms with Crippen LogP contribution in [0.4, 0.5) is 8.78 Å². The average molecular weight is 359 g/mol. The smallest absolute Gasteiger partial charge is 0.133 e. The van der Waals surface area contributed by atoms with Crippen molar-refractivity contribution < 1.29 is 8.78 Å². The van der Waals surface area contributed by atoms with Gasteiger partial charge in [0.2, 0.25) is 0 Å². The quantitative estimate of drug-likeness (QED) is 0.456. The SMILES string of the molecule is CC=CCCC1CCC(c2c(F)cc3c(c2F)CCC(CCC)=C3)CC1. The molecule has 1 aromatic carbocycles. The summed E-state index contributed by atoms with van der Waals surface area (Å²) in [6.45, 7) is 4.20. The minimum atomic E-state index is -0.326. The summed E-state index contributed by atoms with van der Waals surface area (Å²) in [6, 6.07) is 1.60. The Morgan fingerprint density at radius 1 is 1.12 bits per heavy atom. The first-order valence-electron chi connectivity index (χ1n) is 10.4. The molecule has 2 heteroatoms. The molecule has 0 nitrogen and oxygen atoms in total. The van der Waals surface area contributed by atoms with Gasteiger partial charge in [-0.15, -0.1) is 0 Å². The zero-order chi connectivity index (χ0) is 18.5. The van der Waals surface area contributed by atoms with E-state index in [1.165, 1.54) is 12.0 Å². The van der Waals surface area contributed by atoms with Crippen LogP contribution in [-0.2, 0) is 6.42 Å². The van der Waals surface area contributed by atoms with Gasteiger partial charge in [-0.2, -0.15) is 0 Å². The Bertz CT molecular complexity index is 676. The Labute approximate surface area is 157 Å². The van der Waals surface area contributed by atoms with E-state index in [-0.39, 0.29) is 17.6 Å². The average Bonchev–Trinajstić information content (AvgIpc) is 2.63. The van der Waals surface area contributed by atoms with Crippen LogP contribution in [0.5, 0.6) is 0 Å². The van der Waals surface area contributed by atoms with Crippen LogP contribution in [-0.4, -0.2) is 0 Å². The lowest BCUT2D eigenvalue weighted by atomic mass is 9.75. The maximum absolute atomic E-state index is 15.2. The van der Waals surface area contributed by atoms with Gasteiger partial charge in [0.25, 0.3) is 0 Å². The molecule has 3 rings (SSSR count). The highest BCUT2D eigenvalue weighted by molar-refractivity contribution is 5.61. The molecule has 0 radical (unpaired) electrons. The second-order valence-electron chi connectivity index (χ2n) is 8.07. The second-order valence-corrected chi connectivity index (χ2v) is 8.07. The molecule has 2 aliphatic rings. The molecule has 0 spiro atoms. The van der Waals surface area contributed by atoms with Crippen molar-refractivity contribution in [3.8, 4) is 0 Å². The number of fused-ring (bicyclic) bond motifs is 1. The molecule has 26 heavy (non-hydrogen) atoms. The van der Waals surface area contributed by atoms with Crippen LogP contribution in [0.1, 0.15) is 94.2 Å². The van der Waals surface area contributed by atoms with E-state index in [4.69, 9.17) is 0 Å². The van der Waals surface area contributed by atoms with Crippen LogP contribution < -0.4 is 0 Å². The summed E-state index contributed by atoms with van der Waals surface area (Å²) < 4.78 is 30.0. The number of halogens is 2. The molecule has 0 aliphatic heterocycles. The van der Waals surface area contributed by atoms with E-state index >= 15 is 4.39 Å². The minimum Gasteiger partial charge on any atom is -0.207 e. The zero-order valence-corrected chi connectivity index (χ0v) is 16.3. The lowest BCUT2D eigenvalue weighted by molar-refractivity contribution is 0.302. The Kier molecular flexibility index (Phi) is 6.67. The summed E-state index contributed by atoms with van der Waals surface area (Å²) in [5.74, 6) is 0.196. The van der Waals surface area contributed by atoms with E-state index in [0.29, 0.717) is 11.5 Å². The monoisotopic (exact) mass is 358 g/mol. The van der Waals surface area contributed by atoms with Crippen molar-refractivity contribution in [1.82, 2.24) is 0 Å². The molecule has 0 bridgehead atoms. The Hall–Kier alpha value is -1.44. The predicted octanol–water partition coefficient (Wildman–Crippen LogP) is 7.72. The molecular weight excluding hydrogens is 326 g/mol. The Morgan fingerprint density at radius 3 is 2.58 bits per heavy atom. The van der Waals surface area contributed by atoms with Gasteiger partial charge >= 0.3 is 0 Å². The summed E-state index contributed by atoms with van der Waals surface area (Å²) in [7, 11) is 0. The summed E-state index contributed by atoms with van der Waals surface area (Å²) in [6.07, 6.45) is 16.5. The number of allylic oxidation sites excluding steroid dienone is 3. The maximum Gasteiger partial charge on any atom is 0.133 e. The lowest BCUT2D eigenvalue weighted by Gasteiger charge is -2.30. The first-order valence-corrected chi connectivity index (χ1v) is 10.4. The summed E-state index contributed by atoms with van der Waals surface area (Å²) >= 11 is 0. The fourth-order valence-electron chi connectivity index (χ4n) is 4.79. The normalized spacial score (nSPS) is 23.2. The summed E-state index contributed by atoms with van der Waals surface area (Å²) in [5, 5.41) is 0. The van der Waals surface area contributed by atoms with E-state index in [1.54, 1.807) is 6.07 Å². The third-order valence-electron chi connectivity index (χ3n) is 6.25. The van der Waals surface area contributed by atoms with E-state index in [0.717, 1.165) is 68.9 Å². The first-order chi connectivity index (χ1) is 12.6. The largest absolute Gasteiger partial charge is 0.207 e. The highest BCUT2D eigenvalue weighted by Crippen LogP contribution is 2.41. The van der Waals surface area contributed by atoms with Crippen LogP contribution >= 0.6 is 0 Å². The third-order valence-corrected chi connectivity index (χ3v) is 6.25. The molecule has 0 saturated heterocycles. The van der Waals surface area contributed by atoms with Gasteiger partial charge in [-0.1, -0.05) is 37.1 Å². The van der Waals surface area contributed by atoms with E-state index in [2.05, 4.69) is 26.0 Å². The minimum absolute atomic E-state index is 0.0549. The molecule has 0 heterocycles. The first kappa shape index (κ1) is 19.3. The van der Waals surface area contributed by atoms with Crippen LogP contribution in [0.15, 0.2) is 23.8 Å². The van der Waals surface area contributed by atoms with Gasteiger partial charge in [0.05, 0.1) is 0 Å². The number of rotatable bonds is 6. The highest BCUT2D eigenvalue weighted by Gasteiger charge is 2.29. The molecule has 0 amide bonds. The summed E-state index contributed by atoms with van der Waals surface area (Å²) in [5.41, 5.74) is 3.23. The molecule has 0 unspecified atom stereocenters. The van der Waals surface area contributed by atoms with Gasteiger partial charge in [0.15, 0.2) is 0 Å². The van der Waals surface area contributed by atoms with Crippen molar-refractivity contribution in [2.45, 2.75) is 84.0 Å². The van der Waals surface area contributed by atoms with Gasteiger partial charge in [0, 0.05) is 5.56 Å². The predicted molar refractivity (Wildman–Crippen MR) is 106 cm³/mol. The fraction of sp³-hybridized carbons (Fsp3) is 0.583. The van der Waals surface area contributed by atoms with Gasteiger partial charge in [-0.05, 0) is 93.7 Å².